The largest absolute Gasteiger partial charge is 0.345 e. The molecule has 1 saturated carbocycles. The van der Waals surface area contributed by atoms with Crippen LogP contribution in [0.4, 0.5) is 13.2 Å². The number of aromatic amines is 1. The van der Waals surface area contributed by atoms with Crippen LogP contribution in [0.25, 0.3) is 11.0 Å². The number of nitrogens with one attached hydrogen (secondary N) is 1. The molecule has 0 saturated heterocycles. The molecule has 0 bridgehead atoms. The highest BCUT2D eigenvalue weighted by molar-refractivity contribution is 5.75. The second-order valence-corrected chi connectivity index (χ2v) is 3.88. The number of imidazole rings is 1. The van der Waals surface area contributed by atoms with Crippen molar-refractivity contribution in [1.29, 1.82) is 0 Å². The number of benzene rings is 1. The number of H-pyrrole nitrogens is 1. The number of alkyl halides is 2. The van der Waals surface area contributed by atoms with Crippen molar-refractivity contribution in [2.24, 2.45) is 0 Å². The highest BCUT2D eigenvalue weighted by atomic mass is 19.3. The first-order chi connectivity index (χ1) is 8.48. The zero-order valence-electron chi connectivity index (χ0n) is 10.7. The number of hydrogen-bond acceptors (Lipinski definition) is 1. The molecular weight excluding hydrogens is 241 g/mol. The molecule has 1 N–H and O–H groups in total. The fraction of sp³-hybridized carbons (Fsp3) is 0.462. The molecule has 2 aromatic rings. The first-order valence-corrected chi connectivity index (χ1v) is 5.95. The van der Waals surface area contributed by atoms with E-state index in [4.69, 9.17) is 0 Å². The van der Waals surface area contributed by atoms with E-state index in [1.807, 2.05) is 13.8 Å². The lowest BCUT2D eigenvalue weighted by Gasteiger charge is -1.93. The van der Waals surface area contributed by atoms with Crippen LogP contribution in [0.1, 0.15) is 32.3 Å². The summed E-state index contributed by atoms with van der Waals surface area (Å²) < 4.78 is 35.1. The van der Waals surface area contributed by atoms with Crippen LogP contribution in [-0.2, 0) is 0 Å². The standard InChI is InChI=1S/C8H7FN2.C3H4F2.C2H6/c1-5-2-7-8(3-6(5)9)11-4-10-7;4-3(5)1-2-3;1-2/h2-4H,1H3,(H,10,11);1-2H2;1-2H3. The van der Waals surface area contributed by atoms with Crippen LogP contribution in [0.2, 0.25) is 0 Å². The molecule has 1 aliphatic rings. The first-order valence-electron chi connectivity index (χ1n) is 5.95. The van der Waals surface area contributed by atoms with E-state index in [1.165, 1.54) is 6.07 Å². The van der Waals surface area contributed by atoms with Gasteiger partial charge in [0.05, 0.1) is 17.4 Å². The summed E-state index contributed by atoms with van der Waals surface area (Å²) in [6.45, 7) is 5.73. The Morgan fingerprint density at radius 1 is 1.22 bits per heavy atom. The maximum atomic E-state index is 12.9. The summed E-state index contributed by atoms with van der Waals surface area (Å²) in [4.78, 5) is 6.83. The number of aryl methyl sites for hydroxylation is 1. The van der Waals surface area contributed by atoms with Crippen molar-refractivity contribution >= 4 is 11.0 Å². The third-order valence-electron chi connectivity index (χ3n) is 2.33. The molecule has 0 aliphatic heterocycles. The summed E-state index contributed by atoms with van der Waals surface area (Å²) >= 11 is 0. The number of fused-ring (bicyclic) bond motifs is 1. The average Bonchev–Trinajstić information content (AvgIpc) is 2.86. The number of rotatable bonds is 0. The molecule has 1 aromatic heterocycles. The van der Waals surface area contributed by atoms with Crippen LogP contribution in [0.5, 0.6) is 0 Å². The summed E-state index contributed by atoms with van der Waals surface area (Å²) in [5, 5.41) is 0. The van der Waals surface area contributed by atoms with Crippen molar-refractivity contribution in [2.45, 2.75) is 39.5 Å². The topological polar surface area (TPSA) is 28.7 Å². The molecule has 3 rings (SSSR count). The minimum Gasteiger partial charge on any atom is -0.345 e. The van der Waals surface area contributed by atoms with Crippen molar-refractivity contribution in [3.05, 3.63) is 29.8 Å². The van der Waals surface area contributed by atoms with Gasteiger partial charge in [-0.2, -0.15) is 0 Å². The van der Waals surface area contributed by atoms with Gasteiger partial charge in [0.25, 0.3) is 0 Å². The summed E-state index contributed by atoms with van der Waals surface area (Å²) in [5.41, 5.74) is 2.19. The number of halogens is 3. The van der Waals surface area contributed by atoms with E-state index in [9.17, 15) is 13.2 Å². The van der Waals surface area contributed by atoms with E-state index in [-0.39, 0.29) is 18.7 Å². The second kappa shape index (κ2) is 5.89. The van der Waals surface area contributed by atoms with Crippen molar-refractivity contribution in [3.63, 3.8) is 0 Å². The SMILES string of the molecule is CC.Cc1cc2[nH]cnc2cc1F.FC1(F)CC1. The van der Waals surface area contributed by atoms with Crippen molar-refractivity contribution in [3.8, 4) is 0 Å². The molecule has 5 heteroatoms. The second-order valence-electron chi connectivity index (χ2n) is 3.88. The Labute approximate surface area is 104 Å². The molecule has 0 spiro atoms. The molecule has 1 heterocycles. The third-order valence-corrected chi connectivity index (χ3v) is 2.33. The summed E-state index contributed by atoms with van der Waals surface area (Å²) in [6, 6.07) is 3.18. The van der Waals surface area contributed by atoms with Crippen molar-refractivity contribution in [1.82, 2.24) is 9.97 Å². The van der Waals surface area contributed by atoms with Gasteiger partial charge in [-0.25, -0.2) is 18.2 Å². The van der Waals surface area contributed by atoms with Crippen LogP contribution in [0.3, 0.4) is 0 Å². The lowest BCUT2D eigenvalue weighted by atomic mass is 10.2. The molecule has 0 atom stereocenters. The van der Waals surface area contributed by atoms with Gasteiger partial charge in [-0.1, -0.05) is 13.8 Å². The van der Waals surface area contributed by atoms with Gasteiger partial charge >= 0.3 is 0 Å². The van der Waals surface area contributed by atoms with Gasteiger partial charge in [-0.15, -0.1) is 0 Å². The molecule has 1 aromatic carbocycles. The highest BCUT2D eigenvalue weighted by Crippen LogP contribution is 2.40. The smallest absolute Gasteiger partial charge is 0.248 e. The fourth-order valence-corrected chi connectivity index (χ4v) is 1.16. The molecule has 0 unspecified atom stereocenters. The van der Waals surface area contributed by atoms with E-state index < -0.39 is 5.92 Å². The van der Waals surface area contributed by atoms with Gasteiger partial charge in [0, 0.05) is 18.9 Å². The molecule has 1 aliphatic carbocycles. The molecule has 18 heavy (non-hydrogen) atoms. The van der Waals surface area contributed by atoms with Gasteiger partial charge < -0.3 is 4.98 Å². The van der Waals surface area contributed by atoms with Crippen LogP contribution in [-0.4, -0.2) is 15.9 Å². The Morgan fingerprint density at radius 2 is 1.78 bits per heavy atom. The van der Waals surface area contributed by atoms with E-state index in [1.54, 1.807) is 19.3 Å². The monoisotopic (exact) mass is 258 g/mol. The van der Waals surface area contributed by atoms with Crippen molar-refractivity contribution in [2.75, 3.05) is 0 Å². The van der Waals surface area contributed by atoms with E-state index in [0.29, 0.717) is 11.1 Å². The average molecular weight is 258 g/mol. The lowest BCUT2D eigenvalue weighted by molar-refractivity contribution is 0.120. The maximum Gasteiger partial charge on any atom is 0.248 e. The number of aromatic nitrogens is 2. The van der Waals surface area contributed by atoms with Crippen LogP contribution in [0.15, 0.2) is 18.5 Å². The third kappa shape index (κ3) is 4.05. The predicted octanol–water partition coefficient (Wildman–Crippen LogP) is 4.45. The van der Waals surface area contributed by atoms with E-state index >= 15 is 0 Å². The molecule has 0 radical (unpaired) electrons. The predicted molar refractivity (Wildman–Crippen MR) is 66.3 cm³/mol. The summed E-state index contributed by atoms with van der Waals surface area (Å²) in [5.74, 6) is -2.45. The summed E-state index contributed by atoms with van der Waals surface area (Å²) in [7, 11) is 0. The first kappa shape index (κ1) is 14.5. The lowest BCUT2D eigenvalue weighted by Crippen LogP contribution is -1.81. The minimum atomic E-state index is -2.25. The Morgan fingerprint density at radius 3 is 2.28 bits per heavy atom. The van der Waals surface area contributed by atoms with Gasteiger partial charge in [-0.05, 0) is 18.6 Å². The fourth-order valence-electron chi connectivity index (χ4n) is 1.16. The Kier molecular flexibility index (Phi) is 4.76. The van der Waals surface area contributed by atoms with Crippen LogP contribution in [0, 0.1) is 12.7 Å². The Bertz CT molecular complexity index is 464. The zero-order chi connectivity index (χ0) is 13.8. The van der Waals surface area contributed by atoms with Crippen molar-refractivity contribution < 1.29 is 13.2 Å². The maximum absolute atomic E-state index is 12.9. The van der Waals surface area contributed by atoms with E-state index in [2.05, 4.69) is 9.97 Å². The Hall–Kier alpha value is -1.52. The van der Waals surface area contributed by atoms with E-state index in [0.717, 1.165) is 5.52 Å². The quantitative estimate of drug-likeness (QED) is 0.743. The van der Waals surface area contributed by atoms with Crippen LogP contribution < -0.4 is 0 Å². The molecule has 2 nitrogen and oxygen atoms in total. The van der Waals surface area contributed by atoms with Crippen LogP contribution >= 0.6 is 0 Å². The minimum absolute atomic E-state index is 0.118. The Balaban J connectivity index is 0.000000195. The molecular formula is C13H17F3N2. The van der Waals surface area contributed by atoms with Gasteiger partial charge in [-0.3, -0.25) is 0 Å². The van der Waals surface area contributed by atoms with Gasteiger partial charge in [0.15, 0.2) is 0 Å². The van der Waals surface area contributed by atoms with Gasteiger partial charge in [0.1, 0.15) is 5.82 Å². The molecule has 0 amide bonds. The van der Waals surface area contributed by atoms with Gasteiger partial charge in [0.2, 0.25) is 5.92 Å². The molecule has 100 valence electrons. The summed E-state index contributed by atoms with van der Waals surface area (Å²) in [6.07, 6.45) is 1.80. The number of nitrogens with zero attached hydrogens (tertiary/aromatic N) is 1. The normalized spacial score (nSPS) is 15.2. The highest BCUT2D eigenvalue weighted by Gasteiger charge is 2.43. The number of hydrogen-bond donors (Lipinski definition) is 1. The molecule has 1 fully saturated rings. The zero-order valence-corrected chi connectivity index (χ0v) is 10.7.